The van der Waals surface area contributed by atoms with Gasteiger partial charge in [-0.1, -0.05) is 136 Å². The number of amides is 1. The molecule has 1 heterocycles. The lowest BCUT2D eigenvalue weighted by molar-refractivity contribution is -0.150. The first-order valence-electron chi connectivity index (χ1n) is 22.0. The standard InChI is InChI=1S/C44H83N3O4S/c1-7-10-13-16-20-25-31-40(32-26-21-17-14-11-8-2)50-41(48)33-27-22-19-24-29-36-46(35-28-23-18-15-12-9-3)37-30-38-47(42-45-34-39-52-42)43(49)51-44(4,5)6/h34,39-40H,7-33,35-38H2,1-6H3. The quantitative estimate of drug-likeness (QED) is 0.0508. The van der Waals surface area contributed by atoms with Crippen molar-refractivity contribution in [3.8, 4) is 0 Å². The maximum atomic E-state index is 13.0. The van der Waals surface area contributed by atoms with Crippen LogP contribution in [-0.4, -0.2) is 59.8 Å². The minimum Gasteiger partial charge on any atom is -0.462 e. The van der Waals surface area contributed by atoms with Gasteiger partial charge in [0.25, 0.3) is 0 Å². The van der Waals surface area contributed by atoms with E-state index in [4.69, 9.17) is 9.47 Å². The lowest BCUT2D eigenvalue weighted by Gasteiger charge is -2.27. The monoisotopic (exact) mass is 750 g/mol. The van der Waals surface area contributed by atoms with E-state index < -0.39 is 5.60 Å². The molecule has 0 N–H and O–H groups in total. The average Bonchev–Trinajstić information content (AvgIpc) is 3.64. The Morgan fingerprint density at radius 3 is 1.58 bits per heavy atom. The molecule has 0 aliphatic carbocycles. The van der Waals surface area contributed by atoms with E-state index in [1.807, 2.05) is 26.2 Å². The molecular formula is C44H83N3O4S. The summed E-state index contributed by atoms with van der Waals surface area (Å²) in [4.78, 5) is 34.6. The number of carbonyl (C=O) groups is 2. The molecule has 0 fully saturated rings. The molecule has 0 radical (unpaired) electrons. The lowest BCUT2D eigenvalue weighted by atomic mass is 10.0. The van der Waals surface area contributed by atoms with Crippen molar-refractivity contribution in [2.45, 2.75) is 227 Å². The molecule has 7 nitrogen and oxygen atoms in total. The molecular weight excluding hydrogens is 667 g/mol. The Morgan fingerprint density at radius 1 is 0.635 bits per heavy atom. The molecule has 0 aliphatic heterocycles. The van der Waals surface area contributed by atoms with Gasteiger partial charge in [0.05, 0.1) is 0 Å². The number of hydrogen-bond donors (Lipinski definition) is 0. The Kier molecular flexibility index (Phi) is 30.4. The van der Waals surface area contributed by atoms with E-state index in [-0.39, 0.29) is 18.2 Å². The second kappa shape index (κ2) is 32.7. The highest BCUT2D eigenvalue weighted by Gasteiger charge is 2.25. The molecule has 304 valence electrons. The van der Waals surface area contributed by atoms with Gasteiger partial charge in [-0.15, -0.1) is 11.3 Å². The van der Waals surface area contributed by atoms with Crippen LogP contribution in [0.3, 0.4) is 0 Å². The summed E-state index contributed by atoms with van der Waals surface area (Å²) in [5.41, 5.74) is -0.542. The third-order valence-electron chi connectivity index (χ3n) is 9.86. The van der Waals surface area contributed by atoms with Crippen molar-refractivity contribution in [1.82, 2.24) is 9.88 Å². The van der Waals surface area contributed by atoms with E-state index in [0.29, 0.717) is 18.1 Å². The van der Waals surface area contributed by atoms with Gasteiger partial charge < -0.3 is 14.4 Å². The van der Waals surface area contributed by atoms with Gasteiger partial charge in [-0.25, -0.2) is 9.78 Å². The van der Waals surface area contributed by atoms with Crippen LogP contribution < -0.4 is 4.90 Å². The highest BCUT2D eigenvalue weighted by atomic mass is 32.1. The van der Waals surface area contributed by atoms with Gasteiger partial charge in [0.1, 0.15) is 11.7 Å². The van der Waals surface area contributed by atoms with Crippen molar-refractivity contribution in [3.05, 3.63) is 11.6 Å². The maximum absolute atomic E-state index is 13.0. The van der Waals surface area contributed by atoms with Crippen LogP contribution in [0.4, 0.5) is 9.93 Å². The normalized spacial score (nSPS) is 11.8. The minimum atomic E-state index is -0.542. The summed E-state index contributed by atoms with van der Waals surface area (Å²) in [7, 11) is 0. The molecule has 1 amide bonds. The predicted octanol–water partition coefficient (Wildman–Crippen LogP) is 13.7. The van der Waals surface area contributed by atoms with Gasteiger partial charge in [0.2, 0.25) is 0 Å². The molecule has 1 aromatic heterocycles. The van der Waals surface area contributed by atoms with Gasteiger partial charge in [0, 0.05) is 24.5 Å². The Balaban J connectivity index is 2.47. The second-order valence-electron chi connectivity index (χ2n) is 16.2. The lowest BCUT2D eigenvalue weighted by Crippen LogP contribution is -2.39. The number of unbranched alkanes of at least 4 members (excludes halogenated alkanes) is 19. The van der Waals surface area contributed by atoms with Gasteiger partial charge in [-0.2, -0.15) is 0 Å². The number of anilines is 1. The zero-order valence-electron chi connectivity index (χ0n) is 35.0. The molecule has 0 atom stereocenters. The smallest absolute Gasteiger partial charge is 0.416 e. The minimum absolute atomic E-state index is 0.0188. The second-order valence-corrected chi connectivity index (χ2v) is 17.0. The molecule has 0 saturated carbocycles. The summed E-state index contributed by atoms with van der Waals surface area (Å²) >= 11 is 1.48. The van der Waals surface area contributed by atoms with Crippen LogP contribution in [-0.2, 0) is 14.3 Å². The van der Waals surface area contributed by atoms with Crippen molar-refractivity contribution in [1.29, 1.82) is 0 Å². The number of thiazole rings is 1. The number of carbonyl (C=O) groups excluding carboxylic acids is 2. The highest BCUT2D eigenvalue weighted by molar-refractivity contribution is 7.13. The number of esters is 1. The number of ether oxygens (including phenoxy) is 2. The third-order valence-corrected chi connectivity index (χ3v) is 10.7. The van der Waals surface area contributed by atoms with Gasteiger partial charge >= 0.3 is 12.1 Å². The van der Waals surface area contributed by atoms with Gasteiger partial charge in [-0.3, -0.25) is 9.69 Å². The molecule has 1 aromatic rings. The molecule has 8 heteroatoms. The van der Waals surface area contributed by atoms with E-state index in [9.17, 15) is 9.59 Å². The molecule has 0 bridgehead atoms. The summed E-state index contributed by atoms with van der Waals surface area (Å²) in [5, 5.41) is 2.61. The fourth-order valence-corrected chi connectivity index (χ4v) is 7.44. The molecule has 1 rings (SSSR count). The molecule has 0 aromatic carbocycles. The van der Waals surface area contributed by atoms with Crippen molar-refractivity contribution in [2.75, 3.05) is 31.1 Å². The van der Waals surface area contributed by atoms with Crippen LogP contribution in [0.25, 0.3) is 0 Å². The maximum Gasteiger partial charge on any atom is 0.416 e. The van der Waals surface area contributed by atoms with Crippen molar-refractivity contribution in [3.63, 3.8) is 0 Å². The SMILES string of the molecule is CCCCCCCCC(CCCCCCCC)OC(=O)CCCCCCCN(CCCCCCCC)CCCN(C(=O)OC(C)(C)C)c1nccs1. The van der Waals surface area contributed by atoms with Crippen LogP contribution in [0.1, 0.15) is 215 Å². The van der Waals surface area contributed by atoms with E-state index in [1.54, 1.807) is 11.1 Å². The molecule has 0 aliphatic rings. The van der Waals surface area contributed by atoms with Crippen LogP contribution in [0.2, 0.25) is 0 Å². The first-order valence-corrected chi connectivity index (χ1v) is 22.9. The van der Waals surface area contributed by atoms with Crippen LogP contribution in [0.15, 0.2) is 11.6 Å². The number of aromatic nitrogens is 1. The van der Waals surface area contributed by atoms with E-state index >= 15 is 0 Å². The average molecular weight is 750 g/mol. The van der Waals surface area contributed by atoms with Crippen molar-refractivity contribution in [2.24, 2.45) is 0 Å². The summed E-state index contributed by atoms with van der Waals surface area (Å²) in [6, 6.07) is 0. The van der Waals surface area contributed by atoms with Crippen LogP contribution in [0, 0.1) is 0 Å². The summed E-state index contributed by atoms with van der Waals surface area (Å²) < 4.78 is 11.8. The van der Waals surface area contributed by atoms with Crippen molar-refractivity contribution < 1.29 is 19.1 Å². The fraction of sp³-hybridized carbons (Fsp3) is 0.886. The predicted molar refractivity (Wildman–Crippen MR) is 224 cm³/mol. The molecule has 0 unspecified atom stereocenters. The largest absolute Gasteiger partial charge is 0.462 e. The number of nitrogens with zero attached hydrogens (tertiary/aromatic N) is 3. The first kappa shape index (κ1) is 48.3. The Hall–Kier alpha value is -1.67. The summed E-state index contributed by atoms with van der Waals surface area (Å²) in [6.07, 6.45) is 33.7. The van der Waals surface area contributed by atoms with E-state index in [2.05, 4.69) is 30.7 Å². The molecule has 0 spiro atoms. The zero-order chi connectivity index (χ0) is 38.1. The van der Waals surface area contributed by atoms with Gasteiger partial charge in [0.15, 0.2) is 5.13 Å². The van der Waals surface area contributed by atoms with Crippen LogP contribution in [0.5, 0.6) is 0 Å². The van der Waals surface area contributed by atoms with Crippen LogP contribution >= 0.6 is 11.3 Å². The highest BCUT2D eigenvalue weighted by Crippen LogP contribution is 2.22. The fourth-order valence-electron chi connectivity index (χ4n) is 6.78. The summed E-state index contributed by atoms with van der Waals surface area (Å²) in [5.74, 6) is 0.0188. The van der Waals surface area contributed by atoms with E-state index in [0.717, 1.165) is 58.2 Å². The number of hydrogen-bond acceptors (Lipinski definition) is 7. The van der Waals surface area contributed by atoms with E-state index in [1.165, 1.54) is 140 Å². The first-order chi connectivity index (χ1) is 25.2. The number of rotatable bonds is 35. The topological polar surface area (TPSA) is 72.0 Å². The molecule has 0 saturated heterocycles. The van der Waals surface area contributed by atoms with Gasteiger partial charge in [-0.05, 0) is 91.8 Å². The Labute approximate surface area is 325 Å². The Morgan fingerprint density at radius 2 is 1.10 bits per heavy atom. The zero-order valence-corrected chi connectivity index (χ0v) is 35.9. The Bertz CT molecular complexity index is 936. The summed E-state index contributed by atoms with van der Waals surface area (Å²) in [6.45, 7) is 16.3. The molecule has 52 heavy (non-hydrogen) atoms. The third kappa shape index (κ3) is 27.9. The van der Waals surface area contributed by atoms with Crippen molar-refractivity contribution >= 4 is 28.5 Å².